The highest BCUT2D eigenvalue weighted by molar-refractivity contribution is 4.76. The Morgan fingerprint density at radius 1 is 1.12 bits per heavy atom. The number of nitrogens with zero attached hydrogens (tertiary/aromatic N) is 1. The average Bonchev–Trinajstić information content (AvgIpc) is 2.24. The molecule has 1 heterocycles. The van der Waals surface area contributed by atoms with Gasteiger partial charge in [0.1, 0.15) is 0 Å². The summed E-state index contributed by atoms with van der Waals surface area (Å²) in [5.41, 5.74) is 0.380. The molecule has 0 radical (unpaired) electrons. The Labute approximate surface area is 102 Å². The molecule has 1 N–H and O–H groups in total. The van der Waals surface area contributed by atoms with Gasteiger partial charge in [-0.2, -0.15) is 0 Å². The van der Waals surface area contributed by atoms with E-state index in [-0.39, 0.29) is 0 Å². The lowest BCUT2D eigenvalue weighted by Crippen LogP contribution is -2.39. The molecule has 0 aromatic carbocycles. The molecule has 0 saturated carbocycles. The fourth-order valence-corrected chi connectivity index (χ4v) is 2.11. The van der Waals surface area contributed by atoms with Crippen LogP contribution in [-0.4, -0.2) is 37.1 Å². The van der Waals surface area contributed by atoms with Crippen LogP contribution in [0.2, 0.25) is 0 Å². The van der Waals surface area contributed by atoms with Gasteiger partial charge in [0.25, 0.3) is 0 Å². The number of rotatable bonds is 5. The number of hydrogen-bond donors (Lipinski definition) is 1. The van der Waals surface area contributed by atoms with Gasteiger partial charge < -0.3 is 10.2 Å². The Morgan fingerprint density at radius 2 is 1.75 bits per heavy atom. The summed E-state index contributed by atoms with van der Waals surface area (Å²) in [4.78, 5) is 2.62. The standard InChI is InChI=1S/C14H30N2/c1-13(14(2,3)4)15-9-8-12-16-10-6-5-7-11-16/h13,15H,5-12H2,1-4H3. The summed E-state index contributed by atoms with van der Waals surface area (Å²) in [7, 11) is 0. The van der Waals surface area contributed by atoms with E-state index in [0.29, 0.717) is 11.5 Å². The molecule has 1 atom stereocenters. The Morgan fingerprint density at radius 3 is 2.31 bits per heavy atom. The maximum atomic E-state index is 3.64. The van der Waals surface area contributed by atoms with Gasteiger partial charge in [0, 0.05) is 6.04 Å². The first-order valence-electron chi connectivity index (χ1n) is 6.96. The molecule has 1 aliphatic heterocycles. The maximum absolute atomic E-state index is 3.64. The van der Waals surface area contributed by atoms with Crippen LogP contribution in [0.1, 0.15) is 53.4 Å². The van der Waals surface area contributed by atoms with Crippen molar-refractivity contribution in [3.8, 4) is 0 Å². The van der Waals surface area contributed by atoms with Crippen molar-refractivity contribution in [3.63, 3.8) is 0 Å². The first-order chi connectivity index (χ1) is 7.50. The highest BCUT2D eigenvalue weighted by atomic mass is 15.1. The normalized spacial score (nSPS) is 21.0. The molecule has 0 amide bonds. The minimum Gasteiger partial charge on any atom is -0.314 e. The van der Waals surface area contributed by atoms with E-state index in [1.807, 2.05) is 0 Å². The molecule has 0 aromatic heterocycles. The number of hydrogen-bond acceptors (Lipinski definition) is 2. The maximum Gasteiger partial charge on any atom is 0.00872 e. The zero-order valence-corrected chi connectivity index (χ0v) is 11.7. The molecule has 0 aliphatic carbocycles. The minimum atomic E-state index is 0.380. The zero-order chi connectivity index (χ0) is 12.0. The third-order valence-electron chi connectivity index (χ3n) is 3.85. The van der Waals surface area contributed by atoms with E-state index >= 15 is 0 Å². The Balaban J connectivity index is 2.02. The second-order valence-electron chi connectivity index (χ2n) is 6.30. The van der Waals surface area contributed by atoms with Crippen molar-refractivity contribution in [2.45, 2.75) is 59.4 Å². The van der Waals surface area contributed by atoms with Crippen molar-refractivity contribution < 1.29 is 0 Å². The Kier molecular flexibility index (Phi) is 5.77. The van der Waals surface area contributed by atoms with Crippen molar-refractivity contribution in [1.82, 2.24) is 10.2 Å². The lowest BCUT2D eigenvalue weighted by molar-refractivity contribution is 0.220. The SMILES string of the molecule is CC(NCCCN1CCCCC1)C(C)(C)C. The summed E-state index contributed by atoms with van der Waals surface area (Å²) in [5.74, 6) is 0. The van der Waals surface area contributed by atoms with Crippen LogP contribution in [0, 0.1) is 5.41 Å². The van der Waals surface area contributed by atoms with Crippen LogP contribution in [0.5, 0.6) is 0 Å². The van der Waals surface area contributed by atoms with Crippen LogP contribution >= 0.6 is 0 Å². The van der Waals surface area contributed by atoms with E-state index in [9.17, 15) is 0 Å². The lowest BCUT2D eigenvalue weighted by atomic mass is 9.88. The topological polar surface area (TPSA) is 15.3 Å². The van der Waals surface area contributed by atoms with Crippen LogP contribution in [0.3, 0.4) is 0 Å². The monoisotopic (exact) mass is 226 g/mol. The van der Waals surface area contributed by atoms with Crippen molar-refractivity contribution >= 4 is 0 Å². The van der Waals surface area contributed by atoms with Gasteiger partial charge in [-0.15, -0.1) is 0 Å². The molecule has 1 unspecified atom stereocenters. The molecule has 1 fully saturated rings. The summed E-state index contributed by atoms with van der Waals surface area (Å²) in [6.45, 7) is 14.3. The number of piperidine rings is 1. The minimum absolute atomic E-state index is 0.380. The van der Waals surface area contributed by atoms with Gasteiger partial charge in [-0.1, -0.05) is 27.2 Å². The van der Waals surface area contributed by atoms with Gasteiger partial charge >= 0.3 is 0 Å². The molecule has 0 bridgehead atoms. The molecule has 96 valence electrons. The summed E-state index contributed by atoms with van der Waals surface area (Å²) in [5, 5.41) is 3.64. The Hall–Kier alpha value is -0.0800. The van der Waals surface area contributed by atoms with E-state index in [2.05, 4.69) is 37.9 Å². The van der Waals surface area contributed by atoms with Crippen LogP contribution < -0.4 is 5.32 Å². The summed E-state index contributed by atoms with van der Waals surface area (Å²) >= 11 is 0. The third-order valence-corrected chi connectivity index (χ3v) is 3.85. The molecule has 1 saturated heterocycles. The van der Waals surface area contributed by atoms with E-state index in [1.54, 1.807) is 0 Å². The zero-order valence-electron chi connectivity index (χ0n) is 11.7. The van der Waals surface area contributed by atoms with Gasteiger partial charge in [-0.3, -0.25) is 0 Å². The van der Waals surface area contributed by atoms with Gasteiger partial charge in [-0.25, -0.2) is 0 Å². The number of nitrogens with one attached hydrogen (secondary N) is 1. The van der Waals surface area contributed by atoms with Crippen molar-refractivity contribution in [3.05, 3.63) is 0 Å². The largest absolute Gasteiger partial charge is 0.314 e. The Bertz CT molecular complexity index is 178. The van der Waals surface area contributed by atoms with Crippen LogP contribution in [-0.2, 0) is 0 Å². The smallest absolute Gasteiger partial charge is 0.00872 e. The highest BCUT2D eigenvalue weighted by Gasteiger charge is 2.18. The van der Waals surface area contributed by atoms with E-state index in [4.69, 9.17) is 0 Å². The molecule has 1 aliphatic rings. The molecule has 2 heteroatoms. The first-order valence-corrected chi connectivity index (χ1v) is 6.96. The molecular weight excluding hydrogens is 196 g/mol. The van der Waals surface area contributed by atoms with Crippen LogP contribution in [0.25, 0.3) is 0 Å². The molecule has 16 heavy (non-hydrogen) atoms. The predicted octanol–water partition coefficient (Wildman–Crippen LogP) is 2.89. The summed E-state index contributed by atoms with van der Waals surface area (Å²) in [6, 6.07) is 0.605. The van der Waals surface area contributed by atoms with E-state index < -0.39 is 0 Å². The van der Waals surface area contributed by atoms with E-state index in [0.717, 1.165) is 6.54 Å². The fourth-order valence-electron chi connectivity index (χ4n) is 2.11. The first kappa shape index (κ1) is 14.0. The van der Waals surface area contributed by atoms with Crippen LogP contribution in [0.15, 0.2) is 0 Å². The lowest BCUT2D eigenvalue weighted by Gasteiger charge is -2.29. The third kappa shape index (κ3) is 5.31. The molecule has 2 nitrogen and oxygen atoms in total. The van der Waals surface area contributed by atoms with Gasteiger partial charge in [0.15, 0.2) is 0 Å². The van der Waals surface area contributed by atoms with Gasteiger partial charge in [0.2, 0.25) is 0 Å². The number of likely N-dealkylation sites (tertiary alicyclic amines) is 1. The van der Waals surface area contributed by atoms with Crippen molar-refractivity contribution in [1.29, 1.82) is 0 Å². The predicted molar refractivity (Wildman–Crippen MR) is 71.8 cm³/mol. The van der Waals surface area contributed by atoms with E-state index in [1.165, 1.54) is 45.3 Å². The van der Waals surface area contributed by atoms with Gasteiger partial charge in [-0.05, 0) is 57.8 Å². The van der Waals surface area contributed by atoms with Crippen LogP contribution in [0.4, 0.5) is 0 Å². The molecule has 1 rings (SSSR count). The van der Waals surface area contributed by atoms with Crippen molar-refractivity contribution in [2.75, 3.05) is 26.2 Å². The molecule has 0 aromatic rings. The van der Waals surface area contributed by atoms with Gasteiger partial charge in [0.05, 0.1) is 0 Å². The fraction of sp³-hybridized carbons (Fsp3) is 1.00. The second kappa shape index (κ2) is 6.61. The quantitative estimate of drug-likeness (QED) is 0.725. The molecular formula is C14H30N2. The molecule has 0 spiro atoms. The van der Waals surface area contributed by atoms with Crippen molar-refractivity contribution in [2.24, 2.45) is 5.41 Å². The summed E-state index contributed by atoms with van der Waals surface area (Å²) in [6.07, 6.45) is 5.55. The average molecular weight is 226 g/mol. The second-order valence-corrected chi connectivity index (χ2v) is 6.30. The highest BCUT2D eigenvalue weighted by Crippen LogP contribution is 2.18. The summed E-state index contributed by atoms with van der Waals surface area (Å²) < 4.78 is 0.